The van der Waals surface area contributed by atoms with Gasteiger partial charge in [-0.15, -0.1) is 0 Å². The monoisotopic (exact) mass is 341 g/mol. The van der Waals surface area contributed by atoms with Crippen LogP contribution in [0.15, 0.2) is 36.5 Å². The fraction of sp³-hybridized carbons (Fsp3) is 0.267. The molecular formula is C15H17F2N3O2S. The molecule has 8 heteroatoms. The first kappa shape index (κ1) is 17.1. The molecule has 23 heavy (non-hydrogen) atoms. The smallest absolute Gasteiger partial charge is 0.232 e. The van der Waals surface area contributed by atoms with Crippen LogP contribution in [0.4, 0.5) is 26.0 Å². The summed E-state index contributed by atoms with van der Waals surface area (Å²) < 4.78 is 52.0. The minimum absolute atomic E-state index is 0.0539. The van der Waals surface area contributed by atoms with Gasteiger partial charge in [-0.2, -0.15) is 0 Å². The minimum atomic E-state index is -3.38. The molecule has 0 aliphatic carbocycles. The lowest BCUT2D eigenvalue weighted by molar-refractivity contribution is 0.509. The third-order valence-electron chi connectivity index (χ3n) is 3.00. The van der Waals surface area contributed by atoms with Crippen molar-refractivity contribution in [2.75, 3.05) is 15.8 Å². The van der Waals surface area contributed by atoms with Crippen LogP contribution in [0.5, 0.6) is 0 Å². The van der Waals surface area contributed by atoms with Gasteiger partial charge in [0, 0.05) is 11.8 Å². The molecule has 0 amide bonds. The molecule has 0 bridgehead atoms. The van der Waals surface area contributed by atoms with E-state index in [2.05, 4.69) is 15.0 Å². The van der Waals surface area contributed by atoms with Crippen LogP contribution in [0.1, 0.15) is 19.8 Å². The molecule has 2 rings (SSSR count). The molecule has 0 aliphatic heterocycles. The van der Waals surface area contributed by atoms with Gasteiger partial charge < -0.3 is 5.32 Å². The molecule has 0 fully saturated rings. The standard InChI is InChI=1S/C15H17F2N3O2S/c1-2-3-8-23(21,22)20-12-5-7-15(18-10-12)19-11-4-6-13(16)14(17)9-11/h4-7,9-10,20H,2-3,8H2,1H3,(H,18,19). The molecule has 124 valence electrons. The number of unbranched alkanes of at least 4 members (excludes halogenated alkanes) is 1. The Labute approximate surface area is 133 Å². The van der Waals surface area contributed by atoms with Crippen molar-refractivity contribution in [1.82, 2.24) is 4.98 Å². The fourth-order valence-electron chi connectivity index (χ4n) is 1.81. The summed E-state index contributed by atoms with van der Waals surface area (Å²) in [5.74, 6) is -1.46. The zero-order valence-corrected chi connectivity index (χ0v) is 13.3. The predicted molar refractivity (Wildman–Crippen MR) is 86.2 cm³/mol. The molecule has 1 aromatic carbocycles. The summed E-state index contributed by atoms with van der Waals surface area (Å²) in [6.45, 7) is 1.91. The van der Waals surface area contributed by atoms with E-state index in [0.29, 0.717) is 23.6 Å². The molecule has 0 saturated heterocycles. The van der Waals surface area contributed by atoms with Gasteiger partial charge in [-0.3, -0.25) is 4.72 Å². The van der Waals surface area contributed by atoms with Gasteiger partial charge in [-0.05, 0) is 30.7 Å². The molecular weight excluding hydrogens is 324 g/mol. The number of hydrogen-bond donors (Lipinski definition) is 2. The Hall–Kier alpha value is -2.22. The number of pyridine rings is 1. The van der Waals surface area contributed by atoms with Gasteiger partial charge in [0.2, 0.25) is 10.0 Å². The maximum Gasteiger partial charge on any atom is 0.232 e. The zero-order valence-electron chi connectivity index (χ0n) is 12.5. The van der Waals surface area contributed by atoms with Crippen molar-refractivity contribution < 1.29 is 17.2 Å². The molecule has 2 N–H and O–H groups in total. The third-order valence-corrected chi connectivity index (χ3v) is 4.37. The molecule has 1 heterocycles. The average molecular weight is 341 g/mol. The number of sulfonamides is 1. The van der Waals surface area contributed by atoms with Crippen LogP contribution in [-0.2, 0) is 10.0 Å². The largest absolute Gasteiger partial charge is 0.340 e. The number of hydrogen-bond acceptors (Lipinski definition) is 4. The van der Waals surface area contributed by atoms with Crippen molar-refractivity contribution in [3.05, 3.63) is 48.2 Å². The molecule has 0 radical (unpaired) electrons. The summed E-state index contributed by atoms with van der Waals surface area (Å²) >= 11 is 0. The Morgan fingerprint density at radius 1 is 1.09 bits per heavy atom. The van der Waals surface area contributed by atoms with Gasteiger partial charge in [0.1, 0.15) is 5.82 Å². The van der Waals surface area contributed by atoms with Crippen LogP contribution in [0, 0.1) is 11.6 Å². The number of nitrogens with zero attached hydrogens (tertiary/aromatic N) is 1. The Kier molecular flexibility index (Phi) is 5.49. The van der Waals surface area contributed by atoms with E-state index in [1.54, 1.807) is 12.1 Å². The lowest BCUT2D eigenvalue weighted by Crippen LogP contribution is -2.16. The summed E-state index contributed by atoms with van der Waals surface area (Å²) in [4.78, 5) is 4.04. The van der Waals surface area contributed by atoms with Gasteiger partial charge in [-0.25, -0.2) is 22.2 Å². The molecule has 2 aromatic rings. The van der Waals surface area contributed by atoms with Crippen molar-refractivity contribution in [2.24, 2.45) is 0 Å². The van der Waals surface area contributed by atoms with Crippen molar-refractivity contribution in [3.63, 3.8) is 0 Å². The lowest BCUT2D eigenvalue weighted by Gasteiger charge is -2.09. The van der Waals surface area contributed by atoms with Gasteiger partial charge in [0.15, 0.2) is 11.6 Å². The van der Waals surface area contributed by atoms with Gasteiger partial charge in [0.25, 0.3) is 0 Å². The maximum absolute atomic E-state index is 13.1. The van der Waals surface area contributed by atoms with E-state index in [0.717, 1.165) is 18.6 Å². The Balaban J connectivity index is 2.03. The normalized spacial score (nSPS) is 11.3. The molecule has 1 aromatic heterocycles. The number of nitrogens with one attached hydrogen (secondary N) is 2. The second-order valence-electron chi connectivity index (χ2n) is 4.96. The highest BCUT2D eigenvalue weighted by Crippen LogP contribution is 2.19. The number of benzene rings is 1. The SMILES string of the molecule is CCCCS(=O)(=O)Nc1ccc(Nc2ccc(F)c(F)c2)nc1. The second-order valence-corrected chi connectivity index (χ2v) is 6.80. The summed E-state index contributed by atoms with van der Waals surface area (Å²) in [5.41, 5.74) is 0.685. The van der Waals surface area contributed by atoms with Crippen LogP contribution in [0.3, 0.4) is 0 Å². The number of anilines is 3. The Bertz CT molecular complexity index is 765. The van der Waals surface area contributed by atoms with E-state index in [-0.39, 0.29) is 5.75 Å². The Morgan fingerprint density at radius 2 is 1.83 bits per heavy atom. The number of halogens is 2. The van der Waals surface area contributed by atoms with E-state index in [9.17, 15) is 17.2 Å². The van der Waals surface area contributed by atoms with Crippen LogP contribution < -0.4 is 10.0 Å². The lowest BCUT2D eigenvalue weighted by atomic mass is 10.3. The topological polar surface area (TPSA) is 71.1 Å². The van der Waals surface area contributed by atoms with E-state index < -0.39 is 21.7 Å². The van der Waals surface area contributed by atoms with Crippen molar-refractivity contribution in [1.29, 1.82) is 0 Å². The summed E-state index contributed by atoms with van der Waals surface area (Å²) in [6, 6.07) is 6.48. The molecule has 0 aliphatic rings. The first-order valence-electron chi connectivity index (χ1n) is 7.08. The van der Waals surface area contributed by atoms with Crippen LogP contribution >= 0.6 is 0 Å². The van der Waals surface area contributed by atoms with E-state index in [1.807, 2.05) is 6.92 Å². The van der Waals surface area contributed by atoms with E-state index in [4.69, 9.17) is 0 Å². The van der Waals surface area contributed by atoms with Crippen molar-refractivity contribution >= 4 is 27.2 Å². The molecule has 0 unspecified atom stereocenters. The average Bonchev–Trinajstić information content (AvgIpc) is 2.51. The predicted octanol–water partition coefficient (Wildman–Crippen LogP) is 3.65. The third kappa shape index (κ3) is 5.17. The van der Waals surface area contributed by atoms with Gasteiger partial charge in [0.05, 0.1) is 17.6 Å². The number of aromatic nitrogens is 1. The molecule has 0 atom stereocenters. The van der Waals surface area contributed by atoms with Crippen LogP contribution in [-0.4, -0.2) is 19.2 Å². The van der Waals surface area contributed by atoms with E-state index in [1.165, 1.54) is 12.3 Å². The summed E-state index contributed by atoms with van der Waals surface area (Å²) in [6.07, 6.45) is 2.72. The minimum Gasteiger partial charge on any atom is -0.340 e. The quantitative estimate of drug-likeness (QED) is 0.806. The highest BCUT2D eigenvalue weighted by Gasteiger charge is 2.10. The van der Waals surface area contributed by atoms with Gasteiger partial charge in [-0.1, -0.05) is 13.3 Å². The summed E-state index contributed by atoms with van der Waals surface area (Å²) in [5, 5.41) is 2.80. The highest BCUT2D eigenvalue weighted by molar-refractivity contribution is 7.92. The molecule has 0 spiro atoms. The van der Waals surface area contributed by atoms with E-state index >= 15 is 0 Å². The molecule has 5 nitrogen and oxygen atoms in total. The number of rotatable bonds is 7. The summed E-state index contributed by atoms with van der Waals surface area (Å²) in [7, 11) is -3.38. The zero-order chi connectivity index (χ0) is 16.9. The maximum atomic E-state index is 13.1. The van der Waals surface area contributed by atoms with Crippen molar-refractivity contribution in [3.8, 4) is 0 Å². The molecule has 0 saturated carbocycles. The fourth-order valence-corrected chi connectivity index (χ4v) is 3.07. The van der Waals surface area contributed by atoms with Crippen LogP contribution in [0.25, 0.3) is 0 Å². The second kappa shape index (κ2) is 7.36. The van der Waals surface area contributed by atoms with Gasteiger partial charge >= 0.3 is 0 Å². The first-order valence-corrected chi connectivity index (χ1v) is 8.73. The Morgan fingerprint density at radius 3 is 2.43 bits per heavy atom. The first-order chi connectivity index (χ1) is 10.9. The highest BCUT2D eigenvalue weighted by atomic mass is 32.2. The van der Waals surface area contributed by atoms with Crippen LogP contribution in [0.2, 0.25) is 0 Å². The van der Waals surface area contributed by atoms with Crippen molar-refractivity contribution in [2.45, 2.75) is 19.8 Å².